The van der Waals surface area contributed by atoms with Gasteiger partial charge >= 0.3 is 6.09 Å². The smallest absolute Gasteiger partial charge is 0.413 e. The Balaban J connectivity index is 1.86. The van der Waals surface area contributed by atoms with E-state index < -0.39 is 11.7 Å². The molecular formula is C17H22N4O2. The number of ether oxygens (including phenoxy) is 1. The number of carbonyl (C=O) groups excluding carboxylic acids is 1. The van der Waals surface area contributed by atoms with E-state index in [-0.39, 0.29) is 0 Å². The Labute approximate surface area is 135 Å². The van der Waals surface area contributed by atoms with Crippen molar-refractivity contribution in [2.24, 2.45) is 0 Å². The van der Waals surface area contributed by atoms with Crippen LogP contribution in [0.3, 0.4) is 0 Å². The third-order valence-electron chi connectivity index (χ3n) is 3.64. The number of nitrogens with zero attached hydrogens (tertiary/aromatic N) is 2. The van der Waals surface area contributed by atoms with Crippen LogP contribution in [0.5, 0.6) is 0 Å². The monoisotopic (exact) mass is 314 g/mol. The first kappa shape index (κ1) is 15.5. The standard InChI is InChI=1S/C17H22N4O2/c1-17(2,3)23-16(22)21-14-11(7-6-10-18-14)15-19-12-8-4-5-9-13(12)20-15/h6-7,10H,4-5,8-9H2,1-3H3,(H,19,20)(H,18,21,22). The molecule has 0 fully saturated rings. The lowest BCUT2D eigenvalue weighted by molar-refractivity contribution is 0.0635. The quantitative estimate of drug-likeness (QED) is 0.885. The Kier molecular flexibility index (Phi) is 4.07. The molecule has 2 heterocycles. The zero-order valence-electron chi connectivity index (χ0n) is 13.8. The molecule has 122 valence electrons. The van der Waals surface area contributed by atoms with Crippen LogP contribution in [0, 0.1) is 0 Å². The highest BCUT2D eigenvalue weighted by Crippen LogP contribution is 2.28. The molecule has 6 nitrogen and oxygen atoms in total. The first-order valence-corrected chi connectivity index (χ1v) is 7.95. The Hall–Kier alpha value is -2.37. The van der Waals surface area contributed by atoms with Crippen molar-refractivity contribution in [1.82, 2.24) is 15.0 Å². The Morgan fingerprint density at radius 1 is 1.30 bits per heavy atom. The van der Waals surface area contributed by atoms with Gasteiger partial charge in [0, 0.05) is 11.9 Å². The van der Waals surface area contributed by atoms with Crippen LogP contribution >= 0.6 is 0 Å². The fourth-order valence-electron chi connectivity index (χ4n) is 2.68. The maximum Gasteiger partial charge on any atom is 0.413 e. The van der Waals surface area contributed by atoms with E-state index in [0.717, 1.165) is 29.9 Å². The second kappa shape index (κ2) is 6.02. The Morgan fingerprint density at radius 3 is 2.83 bits per heavy atom. The van der Waals surface area contributed by atoms with Gasteiger partial charge < -0.3 is 9.72 Å². The third-order valence-corrected chi connectivity index (χ3v) is 3.64. The molecule has 23 heavy (non-hydrogen) atoms. The van der Waals surface area contributed by atoms with Crippen LogP contribution in [-0.4, -0.2) is 26.6 Å². The van der Waals surface area contributed by atoms with Crippen molar-refractivity contribution in [3.8, 4) is 11.4 Å². The summed E-state index contributed by atoms with van der Waals surface area (Å²) in [5.41, 5.74) is 2.53. The minimum atomic E-state index is -0.553. The van der Waals surface area contributed by atoms with Crippen molar-refractivity contribution in [2.75, 3.05) is 5.32 Å². The summed E-state index contributed by atoms with van der Waals surface area (Å²) in [6, 6.07) is 3.72. The maximum atomic E-state index is 12.0. The number of carbonyl (C=O) groups is 1. The molecule has 0 bridgehead atoms. The molecule has 3 rings (SSSR count). The van der Waals surface area contributed by atoms with Gasteiger partial charge in [-0.3, -0.25) is 5.32 Å². The molecule has 0 aromatic carbocycles. The number of aromatic amines is 1. The minimum absolute atomic E-state index is 0.452. The van der Waals surface area contributed by atoms with Crippen LogP contribution in [0.4, 0.5) is 10.6 Å². The molecule has 6 heteroatoms. The number of amides is 1. The van der Waals surface area contributed by atoms with Crippen LogP contribution in [0.1, 0.15) is 45.0 Å². The van der Waals surface area contributed by atoms with Gasteiger partial charge in [0.15, 0.2) is 0 Å². The van der Waals surface area contributed by atoms with E-state index in [9.17, 15) is 4.79 Å². The normalized spacial score (nSPS) is 14.2. The summed E-state index contributed by atoms with van der Waals surface area (Å²) in [5, 5.41) is 2.71. The molecule has 2 N–H and O–H groups in total. The fraction of sp³-hybridized carbons (Fsp3) is 0.471. The molecule has 1 aliphatic carbocycles. The number of aromatic nitrogens is 3. The lowest BCUT2D eigenvalue weighted by Gasteiger charge is -2.19. The first-order valence-electron chi connectivity index (χ1n) is 7.95. The predicted octanol–water partition coefficient (Wildman–Crippen LogP) is 3.70. The molecule has 0 saturated carbocycles. The van der Waals surface area contributed by atoms with Crippen molar-refractivity contribution >= 4 is 11.9 Å². The predicted molar refractivity (Wildman–Crippen MR) is 88.3 cm³/mol. The summed E-state index contributed by atoms with van der Waals surface area (Å²) in [6.07, 6.45) is 5.50. The van der Waals surface area contributed by atoms with Crippen molar-refractivity contribution in [3.05, 3.63) is 29.7 Å². The molecule has 0 saturated heterocycles. The van der Waals surface area contributed by atoms with Crippen molar-refractivity contribution in [2.45, 2.75) is 52.1 Å². The lowest BCUT2D eigenvalue weighted by atomic mass is 10.0. The van der Waals surface area contributed by atoms with E-state index in [1.54, 1.807) is 6.20 Å². The average Bonchev–Trinajstić information content (AvgIpc) is 2.89. The van der Waals surface area contributed by atoms with Crippen LogP contribution in [0.15, 0.2) is 18.3 Å². The molecule has 0 unspecified atom stereocenters. The molecule has 0 atom stereocenters. The second-order valence-corrected chi connectivity index (χ2v) is 6.74. The van der Waals surface area contributed by atoms with Crippen LogP contribution in [0.2, 0.25) is 0 Å². The number of fused-ring (bicyclic) bond motifs is 1. The molecule has 1 aliphatic rings. The number of H-pyrrole nitrogens is 1. The molecule has 0 spiro atoms. The number of aryl methyl sites for hydroxylation is 2. The summed E-state index contributed by atoms with van der Waals surface area (Å²) in [4.78, 5) is 24.3. The number of anilines is 1. The van der Waals surface area contributed by atoms with Gasteiger partial charge in [0.1, 0.15) is 17.2 Å². The van der Waals surface area contributed by atoms with Gasteiger partial charge in [-0.05, 0) is 58.6 Å². The fourth-order valence-corrected chi connectivity index (χ4v) is 2.68. The highest BCUT2D eigenvalue weighted by atomic mass is 16.6. The van der Waals surface area contributed by atoms with Crippen LogP contribution < -0.4 is 5.32 Å². The Bertz CT molecular complexity index is 692. The number of hydrogen-bond acceptors (Lipinski definition) is 4. The molecule has 2 aromatic heterocycles. The third kappa shape index (κ3) is 3.70. The summed E-state index contributed by atoms with van der Waals surface area (Å²) in [5.74, 6) is 1.20. The van der Waals surface area contributed by atoms with Crippen molar-refractivity contribution in [1.29, 1.82) is 0 Å². The summed E-state index contributed by atoms with van der Waals surface area (Å²) in [7, 11) is 0. The van der Waals surface area contributed by atoms with Gasteiger partial charge in [0.2, 0.25) is 0 Å². The highest BCUT2D eigenvalue weighted by Gasteiger charge is 2.20. The number of hydrogen-bond donors (Lipinski definition) is 2. The Morgan fingerprint density at radius 2 is 2.09 bits per heavy atom. The zero-order valence-corrected chi connectivity index (χ0v) is 13.8. The minimum Gasteiger partial charge on any atom is -0.444 e. The topological polar surface area (TPSA) is 79.9 Å². The van der Waals surface area contributed by atoms with Crippen LogP contribution in [-0.2, 0) is 17.6 Å². The van der Waals surface area contributed by atoms with E-state index in [0.29, 0.717) is 5.82 Å². The molecule has 0 radical (unpaired) electrons. The molecular weight excluding hydrogens is 292 g/mol. The van der Waals surface area contributed by atoms with Gasteiger partial charge in [-0.15, -0.1) is 0 Å². The van der Waals surface area contributed by atoms with E-state index in [2.05, 4.69) is 20.3 Å². The van der Waals surface area contributed by atoms with E-state index in [1.165, 1.54) is 18.5 Å². The number of nitrogens with one attached hydrogen (secondary N) is 2. The van der Waals surface area contributed by atoms with Crippen molar-refractivity contribution in [3.63, 3.8) is 0 Å². The van der Waals surface area contributed by atoms with Gasteiger partial charge in [-0.25, -0.2) is 14.8 Å². The number of rotatable bonds is 2. The summed E-state index contributed by atoms with van der Waals surface area (Å²) < 4.78 is 5.29. The van der Waals surface area contributed by atoms with E-state index in [1.807, 2.05) is 32.9 Å². The highest BCUT2D eigenvalue weighted by molar-refractivity contribution is 5.88. The number of pyridine rings is 1. The van der Waals surface area contributed by atoms with Gasteiger partial charge in [0.25, 0.3) is 0 Å². The van der Waals surface area contributed by atoms with Gasteiger partial charge in [-0.1, -0.05) is 0 Å². The average molecular weight is 314 g/mol. The number of imidazole rings is 1. The molecule has 0 aliphatic heterocycles. The summed E-state index contributed by atoms with van der Waals surface area (Å²) in [6.45, 7) is 5.48. The molecule has 1 amide bonds. The van der Waals surface area contributed by atoms with Crippen LogP contribution in [0.25, 0.3) is 11.4 Å². The first-order chi connectivity index (χ1) is 10.9. The van der Waals surface area contributed by atoms with Crippen molar-refractivity contribution < 1.29 is 9.53 Å². The largest absolute Gasteiger partial charge is 0.444 e. The summed E-state index contributed by atoms with van der Waals surface area (Å²) >= 11 is 0. The second-order valence-electron chi connectivity index (χ2n) is 6.74. The van der Waals surface area contributed by atoms with Gasteiger partial charge in [-0.2, -0.15) is 0 Å². The zero-order chi connectivity index (χ0) is 16.4. The van der Waals surface area contributed by atoms with Gasteiger partial charge in [0.05, 0.1) is 11.3 Å². The lowest BCUT2D eigenvalue weighted by Crippen LogP contribution is -2.27. The SMILES string of the molecule is CC(C)(C)OC(=O)Nc1ncccc1-c1nc2c([nH]1)CCCC2. The van der Waals surface area contributed by atoms with E-state index in [4.69, 9.17) is 4.74 Å². The van der Waals surface area contributed by atoms with E-state index >= 15 is 0 Å². The molecule has 2 aromatic rings. The maximum absolute atomic E-state index is 12.0.